The van der Waals surface area contributed by atoms with Crippen LogP contribution in [0, 0.1) is 11.3 Å². The van der Waals surface area contributed by atoms with Crippen molar-refractivity contribution in [3.63, 3.8) is 0 Å². The third kappa shape index (κ3) is 3.08. The number of amides is 1. The molecule has 1 aliphatic carbocycles. The molecule has 1 amide bonds. The first-order valence-corrected chi connectivity index (χ1v) is 10.6. The minimum Gasteiger partial charge on any atom is -0.468 e. The van der Waals surface area contributed by atoms with E-state index in [9.17, 15) is 4.79 Å². The lowest BCUT2D eigenvalue weighted by Gasteiger charge is -2.28. The van der Waals surface area contributed by atoms with Crippen molar-refractivity contribution in [3.05, 3.63) is 42.4 Å². The van der Waals surface area contributed by atoms with Gasteiger partial charge in [0.15, 0.2) is 0 Å². The Hall–Kier alpha value is -2.08. The van der Waals surface area contributed by atoms with Crippen LogP contribution in [0.3, 0.4) is 0 Å². The van der Waals surface area contributed by atoms with Gasteiger partial charge in [0.2, 0.25) is 5.91 Å². The Morgan fingerprint density at radius 1 is 1.36 bits per heavy atom. The van der Waals surface area contributed by atoms with E-state index in [2.05, 4.69) is 34.4 Å². The second kappa shape index (κ2) is 6.76. The van der Waals surface area contributed by atoms with Gasteiger partial charge in [0.1, 0.15) is 5.76 Å². The third-order valence-electron chi connectivity index (χ3n) is 6.86. The van der Waals surface area contributed by atoms with E-state index in [-0.39, 0.29) is 11.3 Å². The van der Waals surface area contributed by atoms with Gasteiger partial charge in [-0.05, 0) is 51.2 Å². The number of likely N-dealkylation sites (tertiary alicyclic amines) is 2. The molecule has 2 saturated heterocycles. The van der Waals surface area contributed by atoms with Crippen LogP contribution in [0.1, 0.15) is 56.5 Å². The predicted octanol–water partition coefficient (Wildman–Crippen LogP) is 3.29. The number of carbonyl (C=O) groups excluding carboxylic acids is 1. The summed E-state index contributed by atoms with van der Waals surface area (Å²) < 4.78 is 7.73. The molecule has 150 valence electrons. The molecule has 0 unspecified atom stereocenters. The van der Waals surface area contributed by atoms with Gasteiger partial charge in [-0.15, -0.1) is 0 Å². The highest BCUT2D eigenvalue weighted by Crippen LogP contribution is 2.50. The number of carbonyl (C=O) groups is 1. The van der Waals surface area contributed by atoms with Crippen LogP contribution in [0.4, 0.5) is 0 Å². The highest BCUT2D eigenvalue weighted by atomic mass is 16.3. The molecular formula is C22H30N4O2. The maximum Gasteiger partial charge on any atom is 0.230 e. The van der Waals surface area contributed by atoms with Gasteiger partial charge in [0.25, 0.3) is 0 Å². The van der Waals surface area contributed by atoms with E-state index in [4.69, 9.17) is 9.40 Å². The quantitative estimate of drug-likeness (QED) is 0.769. The fraction of sp³-hybridized carbons (Fsp3) is 0.636. The van der Waals surface area contributed by atoms with Crippen molar-refractivity contribution in [1.82, 2.24) is 19.4 Å². The molecule has 2 atom stereocenters. The number of imidazole rings is 1. The zero-order valence-electron chi connectivity index (χ0n) is 16.9. The fourth-order valence-corrected chi connectivity index (χ4v) is 5.06. The molecule has 3 aliphatic rings. The van der Waals surface area contributed by atoms with Crippen molar-refractivity contribution in [3.8, 4) is 0 Å². The van der Waals surface area contributed by atoms with Gasteiger partial charge in [-0.1, -0.05) is 0 Å². The first-order chi connectivity index (χ1) is 13.5. The van der Waals surface area contributed by atoms with Crippen molar-refractivity contribution < 1.29 is 9.21 Å². The van der Waals surface area contributed by atoms with E-state index >= 15 is 0 Å². The molecule has 1 saturated carbocycles. The Morgan fingerprint density at radius 2 is 2.21 bits per heavy atom. The van der Waals surface area contributed by atoms with Crippen LogP contribution in [-0.2, 0) is 11.3 Å². The maximum absolute atomic E-state index is 13.6. The highest BCUT2D eigenvalue weighted by Gasteiger charge is 2.58. The molecule has 0 N–H and O–H groups in total. The van der Waals surface area contributed by atoms with Crippen LogP contribution >= 0.6 is 0 Å². The van der Waals surface area contributed by atoms with Gasteiger partial charge in [-0.3, -0.25) is 9.69 Å². The van der Waals surface area contributed by atoms with Crippen LogP contribution < -0.4 is 0 Å². The van der Waals surface area contributed by atoms with Gasteiger partial charge in [0.05, 0.1) is 30.2 Å². The number of aromatic nitrogens is 2. The molecule has 2 aromatic rings. The van der Waals surface area contributed by atoms with Crippen molar-refractivity contribution in [2.75, 3.05) is 26.2 Å². The molecule has 4 heterocycles. The third-order valence-corrected chi connectivity index (χ3v) is 6.86. The molecule has 2 aromatic heterocycles. The molecular weight excluding hydrogens is 352 g/mol. The Balaban J connectivity index is 1.43. The molecule has 1 spiro atoms. The molecule has 5 rings (SSSR count). The van der Waals surface area contributed by atoms with Gasteiger partial charge in [0, 0.05) is 44.3 Å². The highest BCUT2D eigenvalue weighted by molar-refractivity contribution is 5.86. The van der Waals surface area contributed by atoms with E-state index in [0.717, 1.165) is 56.5 Å². The van der Waals surface area contributed by atoms with Crippen molar-refractivity contribution in [1.29, 1.82) is 0 Å². The molecule has 28 heavy (non-hydrogen) atoms. The monoisotopic (exact) mass is 382 g/mol. The second-order valence-electron chi connectivity index (χ2n) is 9.24. The fourth-order valence-electron chi connectivity index (χ4n) is 5.06. The second-order valence-corrected chi connectivity index (χ2v) is 9.24. The summed E-state index contributed by atoms with van der Waals surface area (Å²) >= 11 is 0. The lowest BCUT2D eigenvalue weighted by Crippen LogP contribution is -2.40. The van der Waals surface area contributed by atoms with Gasteiger partial charge in [-0.2, -0.15) is 0 Å². The average Bonchev–Trinajstić information content (AvgIpc) is 3.09. The number of furan rings is 1. The number of hydrogen-bond acceptors (Lipinski definition) is 4. The standard InChI is InChI=1S/C22H30N4O2/c1-16(2)26-13-20(23-15-26)19-12-24(11-18-4-3-9-28-18)14-22(19)7-8-25(21(22)27)10-17-5-6-17/h3-4,9,13,15-17,19H,5-8,10-12,14H2,1-2H3/t19-,22-/m1/s1. The number of hydrogen-bond donors (Lipinski definition) is 0. The summed E-state index contributed by atoms with van der Waals surface area (Å²) in [6, 6.07) is 4.33. The van der Waals surface area contributed by atoms with E-state index < -0.39 is 0 Å². The topological polar surface area (TPSA) is 54.5 Å². The summed E-state index contributed by atoms with van der Waals surface area (Å²) in [4.78, 5) is 22.9. The van der Waals surface area contributed by atoms with Gasteiger partial charge >= 0.3 is 0 Å². The van der Waals surface area contributed by atoms with E-state index in [1.165, 1.54) is 12.8 Å². The van der Waals surface area contributed by atoms with Gasteiger partial charge < -0.3 is 13.9 Å². The maximum atomic E-state index is 13.6. The average molecular weight is 383 g/mol. The molecule has 3 fully saturated rings. The summed E-state index contributed by atoms with van der Waals surface area (Å²) in [5.41, 5.74) is 0.731. The molecule has 6 heteroatoms. The predicted molar refractivity (Wildman–Crippen MR) is 106 cm³/mol. The van der Waals surface area contributed by atoms with Crippen LogP contribution in [0.15, 0.2) is 35.3 Å². The largest absolute Gasteiger partial charge is 0.468 e. The van der Waals surface area contributed by atoms with Crippen LogP contribution in [0.25, 0.3) is 0 Å². The van der Waals surface area contributed by atoms with Crippen LogP contribution in [0.5, 0.6) is 0 Å². The van der Waals surface area contributed by atoms with Crippen molar-refractivity contribution >= 4 is 5.91 Å². The summed E-state index contributed by atoms with van der Waals surface area (Å²) in [5, 5.41) is 0. The smallest absolute Gasteiger partial charge is 0.230 e. The normalized spacial score (nSPS) is 28.3. The SMILES string of the molecule is CC(C)n1cnc([C@H]2CN(Cc3ccco3)C[C@]23CCN(CC2CC2)C3=O)c1. The minimum absolute atomic E-state index is 0.152. The van der Waals surface area contributed by atoms with Crippen LogP contribution in [-0.4, -0.2) is 51.4 Å². The zero-order chi connectivity index (χ0) is 19.3. The van der Waals surface area contributed by atoms with Crippen molar-refractivity contribution in [2.45, 2.75) is 51.6 Å². The lowest BCUT2D eigenvalue weighted by molar-refractivity contribution is -0.136. The molecule has 0 bridgehead atoms. The minimum atomic E-state index is -0.336. The Morgan fingerprint density at radius 3 is 2.89 bits per heavy atom. The van der Waals surface area contributed by atoms with Crippen molar-refractivity contribution in [2.24, 2.45) is 11.3 Å². The molecule has 6 nitrogen and oxygen atoms in total. The van der Waals surface area contributed by atoms with E-state index in [0.29, 0.717) is 11.9 Å². The van der Waals surface area contributed by atoms with Gasteiger partial charge in [-0.25, -0.2) is 4.98 Å². The Labute approximate surface area is 166 Å². The Kier molecular flexibility index (Phi) is 4.34. The summed E-state index contributed by atoms with van der Waals surface area (Å²) in [7, 11) is 0. The molecule has 0 radical (unpaired) electrons. The lowest BCUT2D eigenvalue weighted by atomic mass is 9.75. The molecule has 0 aromatic carbocycles. The zero-order valence-corrected chi connectivity index (χ0v) is 16.9. The first-order valence-electron chi connectivity index (χ1n) is 10.6. The molecule has 2 aliphatic heterocycles. The summed E-state index contributed by atoms with van der Waals surface area (Å²) in [5.74, 6) is 2.20. The number of rotatable bonds is 6. The van der Waals surface area contributed by atoms with Crippen LogP contribution in [0.2, 0.25) is 0 Å². The van der Waals surface area contributed by atoms with E-state index in [1.807, 2.05) is 18.5 Å². The summed E-state index contributed by atoms with van der Waals surface area (Å²) in [6.07, 6.45) is 9.30. The van der Waals surface area contributed by atoms with E-state index in [1.54, 1.807) is 6.26 Å². The Bertz CT molecular complexity index is 839. The first kappa shape index (κ1) is 18.0. The number of nitrogens with zero attached hydrogens (tertiary/aromatic N) is 4. The summed E-state index contributed by atoms with van der Waals surface area (Å²) in [6.45, 7) is 8.59.